The van der Waals surface area contributed by atoms with Crippen molar-refractivity contribution in [1.29, 1.82) is 0 Å². The number of hydrogen-bond acceptors (Lipinski definition) is 4. The molecule has 2 aromatic heterocycles. The van der Waals surface area contributed by atoms with Gasteiger partial charge in [0.15, 0.2) is 17.3 Å². The first-order chi connectivity index (χ1) is 9.93. The van der Waals surface area contributed by atoms with Crippen molar-refractivity contribution in [2.75, 3.05) is 0 Å². The minimum Gasteiger partial charge on any atom is -0.478 e. The zero-order valence-corrected chi connectivity index (χ0v) is 11.8. The lowest BCUT2D eigenvalue weighted by atomic mass is 10.1. The van der Waals surface area contributed by atoms with Crippen LogP contribution in [0.3, 0.4) is 0 Å². The van der Waals surface area contributed by atoms with Crippen molar-refractivity contribution in [3.63, 3.8) is 0 Å². The molecule has 0 aliphatic rings. The van der Waals surface area contributed by atoms with Crippen molar-refractivity contribution in [1.82, 2.24) is 4.98 Å². The molecule has 0 atom stereocenters. The smallest absolute Gasteiger partial charge is 0.339 e. The molecular formula is C16H15NO4. The highest BCUT2D eigenvalue weighted by Crippen LogP contribution is 2.27. The molecule has 0 fully saturated rings. The number of Topliss-reactive ketones (excluding diaryl/α,β-unsaturated/α-hetero) is 1. The first-order valence-corrected chi connectivity index (χ1v) is 6.47. The van der Waals surface area contributed by atoms with Crippen LogP contribution in [-0.4, -0.2) is 21.8 Å². The monoisotopic (exact) mass is 285 g/mol. The van der Waals surface area contributed by atoms with Gasteiger partial charge in [-0.05, 0) is 19.1 Å². The van der Waals surface area contributed by atoms with Crippen molar-refractivity contribution in [3.8, 4) is 0 Å². The fraction of sp³-hybridized carbons (Fsp3) is 0.188. The second kappa shape index (κ2) is 5.75. The summed E-state index contributed by atoms with van der Waals surface area (Å²) in [5, 5.41) is 9.25. The van der Waals surface area contributed by atoms with Gasteiger partial charge in [-0.2, -0.15) is 0 Å². The van der Waals surface area contributed by atoms with E-state index in [2.05, 4.69) is 11.6 Å². The number of nitrogens with zero attached hydrogens (tertiary/aromatic N) is 1. The molecule has 2 rings (SSSR count). The lowest BCUT2D eigenvalue weighted by Gasteiger charge is -2.04. The van der Waals surface area contributed by atoms with Crippen molar-refractivity contribution >= 4 is 17.3 Å². The number of pyridine rings is 1. The van der Waals surface area contributed by atoms with Crippen LogP contribution in [0.4, 0.5) is 0 Å². The summed E-state index contributed by atoms with van der Waals surface area (Å²) >= 11 is 0. The normalized spacial score (nSPS) is 10.4. The average Bonchev–Trinajstić information content (AvgIpc) is 2.91. The average molecular weight is 285 g/mol. The van der Waals surface area contributed by atoms with E-state index in [1.54, 1.807) is 19.1 Å². The molecule has 108 valence electrons. The number of carboxylic acid groups (broad SMARTS) is 1. The van der Waals surface area contributed by atoms with E-state index in [0.717, 1.165) is 5.69 Å². The molecule has 0 aliphatic heterocycles. The van der Waals surface area contributed by atoms with Gasteiger partial charge in [-0.1, -0.05) is 19.6 Å². The van der Waals surface area contributed by atoms with Crippen LogP contribution in [0.25, 0.3) is 5.57 Å². The SMILES string of the molecule is C=C(c1cccc(C)n1)c1oc(C(=O)CC)cc1C(=O)O. The summed E-state index contributed by atoms with van der Waals surface area (Å²) in [5.41, 5.74) is 1.55. The summed E-state index contributed by atoms with van der Waals surface area (Å²) in [7, 11) is 0. The van der Waals surface area contributed by atoms with Gasteiger partial charge in [0.1, 0.15) is 5.56 Å². The molecule has 5 nitrogen and oxygen atoms in total. The van der Waals surface area contributed by atoms with Gasteiger partial charge in [0, 0.05) is 23.8 Å². The second-order valence-electron chi connectivity index (χ2n) is 4.58. The van der Waals surface area contributed by atoms with E-state index in [9.17, 15) is 14.7 Å². The van der Waals surface area contributed by atoms with Gasteiger partial charge >= 0.3 is 5.97 Å². The van der Waals surface area contributed by atoms with Crippen molar-refractivity contribution in [2.24, 2.45) is 0 Å². The minimum atomic E-state index is -1.17. The van der Waals surface area contributed by atoms with Gasteiger partial charge in [0.05, 0.1) is 5.69 Å². The van der Waals surface area contributed by atoms with E-state index in [-0.39, 0.29) is 29.3 Å². The molecule has 21 heavy (non-hydrogen) atoms. The highest BCUT2D eigenvalue weighted by Gasteiger charge is 2.23. The molecule has 0 amide bonds. The van der Waals surface area contributed by atoms with Gasteiger partial charge in [0.25, 0.3) is 0 Å². The summed E-state index contributed by atoms with van der Waals surface area (Å²) in [4.78, 5) is 27.3. The van der Waals surface area contributed by atoms with Crippen LogP contribution in [0.15, 0.2) is 35.3 Å². The molecule has 0 radical (unpaired) electrons. The van der Waals surface area contributed by atoms with E-state index in [4.69, 9.17) is 4.42 Å². The molecule has 2 aromatic rings. The summed E-state index contributed by atoms with van der Waals surface area (Å²) in [6.07, 6.45) is 0.237. The number of furan rings is 1. The Hall–Kier alpha value is -2.69. The topological polar surface area (TPSA) is 80.4 Å². The van der Waals surface area contributed by atoms with Crippen molar-refractivity contribution < 1.29 is 19.1 Å². The third kappa shape index (κ3) is 2.91. The molecule has 0 unspecified atom stereocenters. The van der Waals surface area contributed by atoms with Gasteiger partial charge in [0.2, 0.25) is 0 Å². The number of ketones is 1. The maximum Gasteiger partial charge on any atom is 0.339 e. The van der Waals surface area contributed by atoms with Crippen molar-refractivity contribution in [2.45, 2.75) is 20.3 Å². The maximum atomic E-state index is 11.7. The lowest BCUT2D eigenvalue weighted by Crippen LogP contribution is -2.00. The molecule has 5 heteroatoms. The Bertz CT molecular complexity index is 728. The molecule has 2 heterocycles. The number of carbonyl (C=O) groups excluding carboxylic acids is 1. The summed E-state index contributed by atoms with van der Waals surface area (Å²) < 4.78 is 5.41. The standard InChI is InChI=1S/C16H15NO4/c1-4-13(18)14-8-11(16(19)20)15(21-14)10(3)12-7-5-6-9(2)17-12/h5-8H,3-4H2,1-2H3,(H,19,20). The Balaban J connectivity index is 2.51. The molecule has 0 saturated carbocycles. The van der Waals surface area contributed by atoms with Gasteiger partial charge < -0.3 is 9.52 Å². The summed E-state index contributed by atoms with van der Waals surface area (Å²) in [6.45, 7) is 7.35. The Kier molecular flexibility index (Phi) is 4.03. The highest BCUT2D eigenvalue weighted by molar-refractivity contribution is 6.00. The number of carboxylic acids is 1. The third-order valence-electron chi connectivity index (χ3n) is 3.03. The van der Waals surface area contributed by atoms with Crippen LogP contribution in [0.5, 0.6) is 0 Å². The number of rotatable bonds is 5. The molecule has 1 N–H and O–H groups in total. The molecule has 0 spiro atoms. The number of aromatic nitrogens is 1. The predicted molar refractivity (Wildman–Crippen MR) is 77.4 cm³/mol. The first kappa shape index (κ1) is 14.7. The Morgan fingerprint density at radius 2 is 2.10 bits per heavy atom. The number of carbonyl (C=O) groups is 2. The van der Waals surface area contributed by atoms with E-state index < -0.39 is 5.97 Å². The van der Waals surface area contributed by atoms with Crippen LogP contribution in [0, 0.1) is 6.92 Å². The number of hydrogen-bond donors (Lipinski definition) is 1. The molecule has 0 saturated heterocycles. The quantitative estimate of drug-likeness (QED) is 0.852. The minimum absolute atomic E-state index is 0.0266. The Morgan fingerprint density at radius 1 is 1.38 bits per heavy atom. The van der Waals surface area contributed by atoms with Crippen LogP contribution in [0.2, 0.25) is 0 Å². The van der Waals surface area contributed by atoms with Gasteiger partial charge in [-0.3, -0.25) is 9.78 Å². The van der Waals surface area contributed by atoms with Crippen molar-refractivity contribution in [3.05, 3.63) is 59.3 Å². The first-order valence-electron chi connectivity index (χ1n) is 6.47. The molecular weight excluding hydrogens is 270 g/mol. The summed E-state index contributed by atoms with van der Waals surface area (Å²) in [6, 6.07) is 6.57. The lowest BCUT2D eigenvalue weighted by molar-refractivity contribution is 0.0695. The zero-order chi connectivity index (χ0) is 15.6. The molecule has 0 aromatic carbocycles. The van der Waals surface area contributed by atoms with E-state index in [1.807, 2.05) is 13.0 Å². The van der Waals surface area contributed by atoms with E-state index in [1.165, 1.54) is 6.07 Å². The summed E-state index contributed by atoms with van der Waals surface area (Å²) in [5.74, 6) is -1.33. The maximum absolute atomic E-state index is 11.7. The van der Waals surface area contributed by atoms with Gasteiger partial charge in [-0.15, -0.1) is 0 Å². The Labute approximate surface area is 121 Å². The number of aromatic carboxylic acids is 1. The second-order valence-corrected chi connectivity index (χ2v) is 4.58. The third-order valence-corrected chi connectivity index (χ3v) is 3.03. The van der Waals surface area contributed by atoms with Crippen LogP contribution in [0.1, 0.15) is 51.4 Å². The largest absolute Gasteiger partial charge is 0.478 e. The predicted octanol–water partition coefficient (Wildman–Crippen LogP) is 3.34. The van der Waals surface area contributed by atoms with Crippen LogP contribution >= 0.6 is 0 Å². The number of aryl methyl sites for hydroxylation is 1. The fourth-order valence-corrected chi connectivity index (χ4v) is 1.91. The zero-order valence-electron chi connectivity index (χ0n) is 11.8. The van der Waals surface area contributed by atoms with Crippen LogP contribution in [-0.2, 0) is 0 Å². The van der Waals surface area contributed by atoms with E-state index in [0.29, 0.717) is 11.3 Å². The fourth-order valence-electron chi connectivity index (χ4n) is 1.91. The Morgan fingerprint density at radius 3 is 2.67 bits per heavy atom. The molecule has 0 aliphatic carbocycles. The molecule has 0 bridgehead atoms. The van der Waals surface area contributed by atoms with Crippen LogP contribution < -0.4 is 0 Å². The van der Waals surface area contributed by atoms with E-state index >= 15 is 0 Å². The highest BCUT2D eigenvalue weighted by atomic mass is 16.4. The van der Waals surface area contributed by atoms with Gasteiger partial charge in [-0.25, -0.2) is 4.79 Å².